The van der Waals surface area contributed by atoms with Crippen LogP contribution in [0.25, 0.3) is 0 Å². The molecule has 1 N–H and O–H groups in total. The molecular weight excluding hydrogens is 323 g/mol. The van der Waals surface area contributed by atoms with Gasteiger partial charge >= 0.3 is 0 Å². The second-order valence-electron chi connectivity index (χ2n) is 6.37. The smallest absolute Gasteiger partial charge is 0.255 e. The van der Waals surface area contributed by atoms with Crippen molar-refractivity contribution >= 4 is 5.91 Å². The Morgan fingerprint density at radius 1 is 1.24 bits per heavy atom. The van der Waals surface area contributed by atoms with Crippen molar-refractivity contribution in [3.8, 4) is 0 Å². The van der Waals surface area contributed by atoms with Gasteiger partial charge in [0.15, 0.2) is 0 Å². The van der Waals surface area contributed by atoms with E-state index in [9.17, 15) is 14.0 Å². The van der Waals surface area contributed by atoms with Gasteiger partial charge in [0.2, 0.25) is 5.56 Å². The number of benzene rings is 1. The van der Waals surface area contributed by atoms with Gasteiger partial charge in [-0.2, -0.15) is 0 Å². The van der Waals surface area contributed by atoms with Gasteiger partial charge in [0.25, 0.3) is 5.91 Å². The van der Waals surface area contributed by atoms with E-state index in [0.717, 1.165) is 12.0 Å². The number of nitrogens with zero attached hydrogens (tertiary/aromatic N) is 1. The van der Waals surface area contributed by atoms with Crippen LogP contribution in [0.15, 0.2) is 41.2 Å². The van der Waals surface area contributed by atoms with Crippen molar-refractivity contribution in [3.05, 3.63) is 69.4 Å². The molecule has 6 heteroatoms. The monoisotopic (exact) mass is 344 g/mol. The van der Waals surface area contributed by atoms with Crippen LogP contribution in [-0.4, -0.2) is 35.5 Å². The third-order valence-corrected chi connectivity index (χ3v) is 4.71. The van der Waals surface area contributed by atoms with Crippen LogP contribution >= 0.6 is 0 Å². The number of ether oxygens (including phenoxy) is 1. The highest BCUT2D eigenvalue weighted by molar-refractivity contribution is 5.95. The van der Waals surface area contributed by atoms with Gasteiger partial charge in [-0.1, -0.05) is 12.1 Å². The fourth-order valence-corrected chi connectivity index (χ4v) is 3.21. The first-order valence-electron chi connectivity index (χ1n) is 8.30. The number of pyridine rings is 1. The van der Waals surface area contributed by atoms with Gasteiger partial charge in [0.1, 0.15) is 5.82 Å². The second-order valence-corrected chi connectivity index (χ2v) is 6.37. The van der Waals surface area contributed by atoms with E-state index >= 15 is 0 Å². The average Bonchev–Trinajstić information content (AvgIpc) is 2.61. The van der Waals surface area contributed by atoms with Gasteiger partial charge in [-0.05, 0) is 43.5 Å². The first-order valence-corrected chi connectivity index (χ1v) is 8.30. The van der Waals surface area contributed by atoms with Crippen molar-refractivity contribution < 1.29 is 13.9 Å². The molecule has 25 heavy (non-hydrogen) atoms. The standard InChI is InChI=1S/C19H21FN2O3/c1-12-16(7-8-18(23)21-12)19(24)22(2)15-9-10-25-17(11-15)13-3-5-14(20)6-4-13/h3-8,15,17H,9-11H2,1-2H3,(H,21,23)/t15-,17+/m1/s1. The Balaban J connectivity index is 1.75. The fourth-order valence-electron chi connectivity index (χ4n) is 3.21. The van der Waals surface area contributed by atoms with Crippen LogP contribution in [0, 0.1) is 12.7 Å². The molecule has 0 aliphatic carbocycles. The predicted molar refractivity (Wildman–Crippen MR) is 92.0 cm³/mol. The highest BCUT2D eigenvalue weighted by atomic mass is 19.1. The minimum Gasteiger partial charge on any atom is -0.373 e. The molecule has 2 aromatic rings. The molecule has 0 unspecified atom stereocenters. The molecule has 2 heterocycles. The highest BCUT2D eigenvalue weighted by Gasteiger charge is 2.29. The molecule has 0 saturated carbocycles. The predicted octanol–water partition coefficient (Wildman–Crippen LogP) is 2.81. The molecule has 5 nitrogen and oxygen atoms in total. The van der Waals surface area contributed by atoms with Crippen molar-refractivity contribution in [2.24, 2.45) is 0 Å². The van der Waals surface area contributed by atoms with Crippen LogP contribution in [0.3, 0.4) is 0 Å². The molecule has 1 amide bonds. The van der Waals surface area contributed by atoms with Crippen molar-refractivity contribution in [1.29, 1.82) is 0 Å². The molecule has 1 aliphatic rings. The normalized spacial score (nSPS) is 20.3. The zero-order chi connectivity index (χ0) is 18.0. The second kappa shape index (κ2) is 7.19. The molecule has 0 bridgehead atoms. The number of rotatable bonds is 3. The van der Waals surface area contributed by atoms with Gasteiger partial charge < -0.3 is 14.6 Å². The number of hydrogen-bond donors (Lipinski definition) is 1. The van der Waals surface area contributed by atoms with E-state index < -0.39 is 0 Å². The Morgan fingerprint density at radius 2 is 1.96 bits per heavy atom. The SMILES string of the molecule is Cc1[nH]c(=O)ccc1C(=O)N(C)[C@@H]1CCO[C@H](c2ccc(F)cc2)C1. The average molecular weight is 344 g/mol. The first-order chi connectivity index (χ1) is 12.0. The minimum absolute atomic E-state index is 0.0163. The summed E-state index contributed by atoms with van der Waals surface area (Å²) in [5, 5.41) is 0. The van der Waals surface area contributed by atoms with Crippen LogP contribution in [0.2, 0.25) is 0 Å². The summed E-state index contributed by atoms with van der Waals surface area (Å²) >= 11 is 0. The number of amides is 1. The maximum Gasteiger partial charge on any atom is 0.255 e. The third-order valence-electron chi connectivity index (χ3n) is 4.71. The molecule has 132 valence electrons. The number of aryl methyl sites for hydroxylation is 1. The summed E-state index contributed by atoms with van der Waals surface area (Å²) < 4.78 is 18.9. The van der Waals surface area contributed by atoms with E-state index in [1.807, 2.05) is 0 Å². The maximum atomic E-state index is 13.1. The number of halogens is 1. The molecule has 0 radical (unpaired) electrons. The Hall–Kier alpha value is -2.47. The fraction of sp³-hybridized carbons (Fsp3) is 0.368. The van der Waals surface area contributed by atoms with E-state index in [1.54, 1.807) is 37.1 Å². The number of carbonyl (C=O) groups is 1. The number of carbonyl (C=O) groups excluding carboxylic acids is 1. The third kappa shape index (κ3) is 3.79. The number of hydrogen-bond acceptors (Lipinski definition) is 3. The lowest BCUT2D eigenvalue weighted by Gasteiger charge is -2.36. The Morgan fingerprint density at radius 3 is 2.64 bits per heavy atom. The quantitative estimate of drug-likeness (QED) is 0.931. The lowest BCUT2D eigenvalue weighted by molar-refractivity contribution is -0.0197. The van der Waals surface area contributed by atoms with E-state index in [1.165, 1.54) is 18.2 Å². The Kier molecular flexibility index (Phi) is 4.99. The summed E-state index contributed by atoms with van der Waals surface area (Å²) in [6.07, 6.45) is 1.23. The first kappa shape index (κ1) is 17.4. The van der Waals surface area contributed by atoms with Crippen LogP contribution in [-0.2, 0) is 4.74 Å². The van der Waals surface area contributed by atoms with Crippen molar-refractivity contribution in [1.82, 2.24) is 9.88 Å². The molecular formula is C19H21FN2O3. The molecule has 1 aromatic carbocycles. The van der Waals surface area contributed by atoms with Gasteiger partial charge in [0.05, 0.1) is 11.7 Å². The zero-order valence-corrected chi connectivity index (χ0v) is 14.3. The van der Waals surface area contributed by atoms with Crippen molar-refractivity contribution in [3.63, 3.8) is 0 Å². The summed E-state index contributed by atoms with van der Waals surface area (Å²) in [6.45, 7) is 2.25. The molecule has 0 spiro atoms. The summed E-state index contributed by atoms with van der Waals surface area (Å²) in [5.41, 5.74) is 1.74. The topological polar surface area (TPSA) is 62.4 Å². The molecule has 1 fully saturated rings. The van der Waals surface area contributed by atoms with Crippen LogP contribution in [0.5, 0.6) is 0 Å². The molecule has 1 saturated heterocycles. The summed E-state index contributed by atoms with van der Waals surface area (Å²) in [7, 11) is 1.77. The molecule has 3 rings (SSSR count). The van der Waals surface area contributed by atoms with Gasteiger partial charge in [-0.15, -0.1) is 0 Å². The van der Waals surface area contributed by atoms with Crippen LogP contribution in [0.1, 0.15) is 40.6 Å². The van der Waals surface area contributed by atoms with Gasteiger partial charge in [-0.25, -0.2) is 4.39 Å². The lowest BCUT2D eigenvalue weighted by Crippen LogP contribution is -2.41. The zero-order valence-electron chi connectivity index (χ0n) is 14.3. The number of aromatic amines is 1. The van der Waals surface area contributed by atoms with E-state index in [0.29, 0.717) is 24.3 Å². The van der Waals surface area contributed by atoms with E-state index in [2.05, 4.69) is 4.98 Å². The largest absolute Gasteiger partial charge is 0.373 e. The number of nitrogens with one attached hydrogen (secondary N) is 1. The van der Waals surface area contributed by atoms with Crippen LogP contribution in [0.4, 0.5) is 4.39 Å². The Labute approximate surface area is 145 Å². The van der Waals surface area contributed by atoms with Gasteiger partial charge in [-0.3, -0.25) is 9.59 Å². The molecule has 2 atom stereocenters. The lowest BCUT2D eigenvalue weighted by atomic mass is 9.96. The summed E-state index contributed by atoms with van der Waals surface area (Å²) in [4.78, 5) is 28.5. The van der Waals surface area contributed by atoms with Crippen LogP contribution < -0.4 is 5.56 Å². The Bertz CT molecular complexity index is 816. The van der Waals surface area contributed by atoms with E-state index in [-0.39, 0.29) is 29.4 Å². The van der Waals surface area contributed by atoms with Gasteiger partial charge in [0, 0.05) is 31.5 Å². The molecule has 1 aliphatic heterocycles. The highest BCUT2D eigenvalue weighted by Crippen LogP contribution is 2.30. The number of H-pyrrole nitrogens is 1. The summed E-state index contributed by atoms with van der Waals surface area (Å²) in [5.74, 6) is -0.407. The number of aromatic nitrogens is 1. The minimum atomic E-state index is -0.281. The van der Waals surface area contributed by atoms with Crippen molar-refractivity contribution in [2.75, 3.05) is 13.7 Å². The van der Waals surface area contributed by atoms with E-state index in [4.69, 9.17) is 4.74 Å². The summed E-state index contributed by atoms with van der Waals surface area (Å²) in [6, 6.07) is 9.21. The molecule has 1 aromatic heterocycles. The van der Waals surface area contributed by atoms with Crippen molar-refractivity contribution in [2.45, 2.75) is 31.9 Å². The maximum absolute atomic E-state index is 13.1.